The molecule has 26 heavy (non-hydrogen) atoms. The summed E-state index contributed by atoms with van der Waals surface area (Å²) in [5.41, 5.74) is 0.940. The first-order chi connectivity index (χ1) is 12.5. The number of rotatable bonds is 4. The number of amides is 2. The van der Waals surface area contributed by atoms with E-state index < -0.39 is 5.97 Å². The van der Waals surface area contributed by atoms with Gasteiger partial charge in [0.25, 0.3) is 0 Å². The Morgan fingerprint density at radius 1 is 1.15 bits per heavy atom. The maximum atomic E-state index is 12.8. The Morgan fingerprint density at radius 3 is 2.54 bits per heavy atom. The molecule has 0 aromatic heterocycles. The van der Waals surface area contributed by atoms with Gasteiger partial charge in [-0.2, -0.15) is 0 Å². The zero-order valence-corrected chi connectivity index (χ0v) is 15.1. The lowest BCUT2D eigenvalue weighted by Crippen LogP contribution is -2.40. The van der Waals surface area contributed by atoms with Crippen molar-refractivity contribution in [3.05, 3.63) is 35.9 Å². The van der Waals surface area contributed by atoms with Crippen LogP contribution in [0.1, 0.15) is 37.7 Å². The minimum atomic E-state index is -1.04. The third-order valence-electron chi connectivity index (χ3n) is 4.49. The first-order valence-electron chi connectivity index (χ1n) is 8.90. The molecule has 142 valence electrons. The van der Waals surface area contributed by atoms with Gasteiger partial charge in [0.2, 0.25) is 11.8 Å². The van der Waals surface area contributed by atoms with Crippen LogP contribution in [0.15, 0.2) is 30.3 Å². The first kappa shape index (κ1) is 19.9. The Kier molecular flexibility index (Phi) is 7.59. The number of nitrogens with zero attached hydrogens (tertiary/aromatic N) is 2. The maximum Gasteiger partial charge on any atom is 0.323 e. The Hall–Kier alpha value is -2.41. The normalized spacial score (nSPS) is 18.1. The lowest BCUT2D eigenvalue weighted by molar-refractivity contribution is -0.149. The first-order valence-corrected chi connectivity index (χ1v) is 8.90. The van der Waals surface area contributed by atoms with Gasteiger partial charge in [-0.3, -0.25) is 14.4 Å². The highest BCUT2D eigenvalue weighted by Gasteiger charge is 2.23. The molecule has 1 aromatic carbocycles. The fraction of sp³-hybridized carbons (Fsp3) is 0.526. The van der Waals surface area contributed by atoms with Gasteiger partial charge in [-0.1, -0.05) is 30.3 Å². The monoisotopic (exact) mass is 362 g/mol. The molecule has 1 aliphatic heterocycles. The summed E-state index contributed by atoms with van der Waals surface area (Å²) in [5, 5.41) is 8.92. The average Bonchev–Trinajstić information content (AvgIpc) is 2.67. The summed E-state index contributed by atoms with van der Waals surface area (Å²) in [7, 11) is 0. The van der Waals surface area contributed by atoms with Crippen LogP contribution >= 0.6 is 0 Å². The van der Waals surface area contributed by atoms with E-state index in [-0.39, 0.29) is 37.6 Å². The molecule has 0 spiro atoms. The fourth-order valence-corrected chi connectivity index (χ4v) is 2.97. The number of aliphatic carboxylic acids is 1. The molecule has 1 N–H and O–H groups in total. The topological polar surface area (TPSA) is 87.2 Å². The largest absolute Gasteiger partial charge is 0.480 e. The van der Waals surface area contributed by atoms with Gasteiger partial charge < -0.3 is 19.6 Å². The second-order valence-electron chi connectivity index (χ2n) is 6.48. The van der Waals surface area contributed by atoms with Crippen molar-refractivity contribution >= 4 is 17.8 Å². The van der Waals surface area contributed by atoms with Gasteiger partial charge in [0.15, 0.2) is 0 Å². The van der Waals surface area contributed by atoms with Crippen LogP contribution in [0.25, 0.3) is 0 Å². The van der Waals surface area contributed by atoms with Crippen molar-refractivity contribution in [3.8, 4) is 0 Å². The second-order valence-corrected chi connectivity index (χ2v) is 6.48. The van der Waals surface area contributed by atoms with E-state index in [9.17, 15) is 14.4 Å². The lowest BCUT2D eigenvalue weighted by Gasteiger charge is -2.25. The van der Waals surface area contributed by atoms with E-state index in [0.29, 0.717) is 19.5 Å². The summed E-state index contributed by atoms with van der Waals surface area (Å²) in [6.45, 7) is 2.30. The van der Waals surface area contributed by atoms with Gasteiger partial charge in [0.05, 0.1) is 5.92 Å². The number of hydrogen-bond donors (Lipinski definition) is 1. The van der Waals surface area contributed by atoms with Crippen LogP contribution in [0.2, 0.25) is 0 Å². The minimum Gasteiger partial charge on any atom is -0.480 e. The molecular formula is C19H26N2O5. The van der Waals surface area contributed by atoms with E-state index in [1.54, 1.807) is 4.90 Å². The summed E-state index contributed by atoms with van der Waals surface area (Å²) in [5.74, 6) is -1.73. The molecule has 1 saturated heterocycles. The van der Waals surface area contributed by atoms with Crippen LogP contribution in [0, 0.1) is 0 Å². The van der Waals surface area contributed by atoms with Crippen molar-refractivity contribution in [1.29, 1.82) is 0 Å². The number of hydrogen-bond acceptors (Lipinski definition) is 4. The smallest absolute Gasteiger partial charge is 0.323 e. The lowest BCUT2D eigenvalue weighted by atomic mass is 10.00. The molecule has 0 bridgehead atoms. The van der Waals surface area contributed by atoms with Crippen LogP contribution in [0.4, 0.5) is 0 Å². The van der Waals surface area contributed by atoms with Crippen LogP contribution < -0.4 is 0 Å². The van der Waals surface area contributed by atoms with Crippen molar-refractivity contribution in [2.75, 3.05) is 33.0 Å². The summed E-state index contributed by atoms with van der Waals surface area (Å²) in [6.07, 6.45) is 2.30. The highest BCUT2D eigenvalue weighted by atomic mass is 16.5. The van der Waals surface area contributed by atoms with E-state index in [1.807, 2.05) is 37.3 Å². The van der Waals surface area contributed by atoms with E-state index >= 15 is 0 Å². The van der Waals surface area contributed by atoms with E-state index in [1.165, 1.54) is 4.90 Å². The highest BCUT2D eigenvalue weighted by molar-refractivity contribution is 5.83. The Labute approximate surface area is 153 Å². The SMILES string of the molecule is C[C@@H](C(=O)N1CCCCCN(CC(=O)O)C(=O)COC1)c1ccccc1. The van der Waals surface area contributed by atoms with Crippen LogP contribution in [0.3, 0.4) is 0 Å². The highest BCUT2D eigenvalue weighted by Crippen LogP contribution is 2.18. The number of benzene rings is 1. The Morgan fingerprint density at radius 2 is 1.85 bits per heavy atom. The number of carboxylic acid groups (broad SMARTS) is 1. The number of carbonyl (C=O) groups excluding carboxylic acids is 2. The third kappa shape index (κ3) is 5.84. The van der Waals surface area contributed by atoms with Crippen LogP contribution in [-0.4, -0.2) is 65.7 Å². The molecule has 0 radical (unpaired) electrons. The predicted molar refractivity (Wildman–Crippen MR) is 95.5 cm³/mol. The van der Waals surface area contributed by atoms with E-state index in [0.717, 1.165) is 18.4 Å². The molecule has 7 heteroatoms. The van der Waals surface area contributed by atoms with Gasteiger partial charge in [-0.25, -0.2) is 0 Å². The van der Waals surface area contributed by atoms with Crippen LogP contribution in [0.5, 0.6) is 0 Å². The average molecular weight is 362 g/mol. The predicted octanol–water partition coefficient (Wildman–Crippen LogP) is 1.69. The van der Waals surface area contributed by atoms with Gasteiger partial charge in [0, 0.05) is 13.1 Å². The van der Waals surface area contributed by atoms with E-state index in [4.69, 9.17) is 9.84 Å². The number of ether oxygens (including phenoxy) is 1. The van der Waals surface area contributed by atoms with Crippen LogP contribution in [-0.2, 0) is 19.1 Å². The third-order valence-corrected chi connectivity index (χ3v) is 4.49. The quantitative estimate of drug-likeness (QED) is 0.881. The van der Waals surface area contributed by atoms with Crippen molar-refractivity contribution < 1.29 is 24.2 Å². The van der Waals surface area contributed by atoms with Crippen molar-refractivity contribution in [2.45, 2.75) is 32.1 Å². The molecular weight excluding hydrogens is 336 g/mol. The molecule has 2 amide bonds. The van der Waals surface area contributed by atoms with Crippen molar-refractivity contribution in [2.24, 2.45) is 0 Å². The molecule has 1 atom stereocenters. The fourth-order valence-electron chi connectivity index (χ4n) is 2.97. The molecule has 1 aromatic rings. The summed E-state index contributed by atoms with van der Waals surface area (Å²) < 4.78 is 5.43. The minimum absolute atomic E-state index is 0.0304. The van der Waals surface area contributed by atoms with Gasteiger partial charge in [0.1, 0.15) is 19.9 Å². The van der Waals surface area contributed by atoms with Crippen molar-refractivity contribution in [3.63, 3.8) is 0 Å². The Bertz CT molecular complexity index is 620. The standard InChI is InChI=1S/C19H26N2O5/c1-15(16-8-4-2-5-9-16)19(25)21-11-7-3-6-10-20(12-18(23)24)17(22)13-26-14-21/h2,4-5,8-9,15H,3,6-7,10-14H2,1H3,(H,23,24)/t15-/m1/s1. The summed E-state index contributed by atoms with van der Waals surface area (Å²) >= 11 is 0. The maximum absolute atomic E-state index is 12.8. The molecule has 0 unspecified atom stereocenters. The molecule has 2 rings (SSSR count). The number of carbonyl (C=O) groups is 3. The summed E-state index contributed by atoms with van der Waals surface area (Å²) in [6, 6.07) is 9.55. The molecule has 0 saturated carbocycles. The number of carboxylic acids is 1. The molecule has 1 fully saturated rings. The second kappa shape index (κ2) is 9.91. The zero-order valence-electron chi connectivity index (χ0n) is 15.1. The Balaban J connectivity index is 2.00. The van der Waals surface area contributed by atoms with Gasteiger partial charge in [-0.05, 0) is 31.7 Å². The van der Waals surface area contributed by atoms with Gasteiger partial charge in [-0.15, -0.1) is 0 Å². The molecule has 1 heterocycles. The molecule has 7 nitrogen and oxygen atoms in total. The van der Waals surface area contributed by atoms with Gasteiger partial charge >= 0.3 is 5.97 Å². The van der Waals surface area contributed by atoms with E-state index in [2.05, 4.69) is 0 Å². The summed E-state index contributed by atoms with van der Waals surface area (Å²) in [4.78, 5) is 38.8. The van der Waals surface area contributed by atoms with Crippen molar-refractivity contribution in [1.82, 2.24) is 9.80 Å². The zero-order chi connectivity index (χ0) is 18.9. The molecule has 0 aliphatic carbocycles. The molecule has 1 aliphatic rings.